The van der Waals surface area contributed by atoms with Crippen LogP contribution in [0.25, 0.3) is 10.9 Å². The normalized spacial score (nSPS) is 13.3. The average Bonchev–Trinajstić information content (AvgIpc) is 3.33. The number of morpholine rings is 1. The minimum atomic E-state index is -0.178. The zero-order valence-electron chi connectivity index (χ0n) is 19.7. The minimum absolute atomic E-state index is 0. The Morgan fingerprint density at radius 1 is 1.08 bits per heavy atom. The maximum Gasteiger partial charge on any atom is 0.234 e. The van der Waals surface area contributed by atoms with E-state index in [0.29, 0.717) is 21.9 Å². The topological polar surface area (TPSA) is 89.4 Å². The van der Waals surface area contributed by atoms with Crippen LogP contribution in [0.3, 0.4) is 0 Å². The maximum atomic E-state index is 13.2. The van der Waals surface area contributed by atoms with Gasteiger partial charge >= 0.3 is 0 Å². The van der Waals surface area contributed by atoms with Crippen LogP contribution in [0, 0.1) is 0 Å². The SMILES string of the molecule is Cl.Cn1ccnc1C(=O)c1cc(SCC(=O)Nc2ccc(N3CCOCC3)cc2)nc2ccccc12. The van der Waals surface area contributed by atoms with E-state index in [0.717, 1.165) is 43.1 Å². The molecule has 3 heterocycles. The van der Waals surface area contributed by atoms with Crippen LogP contribution >= 0.6 is 24.2 Å². The number of imidazole rings is 1. The van der Waals surface area contributed by atoms with Crippen LogP contribution in [0.1, 0.15) is 16.2 Å². The molecule has 0 unspecified atom stereocenters. The largest absolute Gasteiger partial charge is 0.378 e. The molecule has 0 bridgehead atoms. The van der Waals surface area contributed by atoms with Crippen molar-refractivity contribution in [3.63, 3.8) is 0 Å². The number of ether oxygens (including phenoxy) is 1. The van der Waals surface area contributed by atoms with Gasteiger partial charge in [-0.05, 0) is 36.4 Å². The number of nitrogens with zero attached hydrogens (tertiary/aromatic N) is 4. The number of hydrogen-bond acceptors (Lipinski definition) is 7. The molecule has 0 spiro atoms. The fourth-order valence-electron chi connectivity index (χ4n) is 4.03. The first kappa shape index (κ1) is 25.7. The van der Waals surface area contributed by atoms with E-state index in [1.54, 1.807) is 30.1 Å². The Morgan fingerprint density at radius 3 is 2.56 bits per heavy atom. The molecule has 1 amide bonds. The summed E-state index contributed by atoms with van der Waals surface area (Å²) >= 11 is 1.30. The summed E-state index contributed by atoms with van der Waals surface area (Å²) in [7, 11) is 1.79. The molecule has 1 N–H and O–H groups in total. The number of aromatic nitrogens is 3. The number of rotatable bonds is 7. The summed E-state index contributed by atoms with van der Waals surface area (Å²) in [5.74, 6) is 0.214. The molecule has 1 aliphatic heterocycles. The first-order valence-electron chi connectivity index (χ1n) is 11.4. The number of pyridine rings is 1. The number of carbonyl (C=O) groups excluding carboxylic acids is 2. The van der Waals surface area contributed by atoms with E-state index in [1.165, 1.54) is 11.8 Å². The van der Waals surface area contributed by atoms with Crippen molar-refractivity contribution in [2.75, 3.05) is 42.3 Å². The molecule has 5 rings (SSSR count). The molecule has 186 valence electrons. The van der Waals surface area contributed by atoms with E-state index < -0.39 is 0 Å². The van der Waals surface area contributed by atoms with Crippen molar-refractivity contribution in [3.8, 4) is 0 Å². The first-order valence-corrected chi connectivity index (χ1v) is 12.3. The number of fused-ring (bicyclic) bond motifs is 1. The second kappa shape index (κ2) is 11.6. The van der Waals surface area contributed by atoms with E-state index in [1.807, 2.05) is 48.5 Å². The lowest BCUT2D eigenvalue weighted by Gasteiger charge is -2.28. The lowest BCUT2D eigenvalue weighted by Crippen LogP contribution is -2.36. The standard InChI is InChI=1S/C26H25N5O3S.ClH/c1-30-11-10-27-26(30)25(33)21-16-24(29-22-5-3-2-4-20(21)22)35-17-23(32)28-18-6-8-19(9-7-18)31-12-14-34-15-13-31;/h2-11,16H,12-15,17H2,1H3,(H,28,32);1H. The molecule has 10 heteroatoms. The lowest BCUT2D eigenvalue weighted by atomic mass is 10.1. The number of thioether (sulfide) groups is 1. The predicted octanol–water partition coefficient (Wildman–Crippen LogP) is 4.19. The van der Waals surface area contributed by atoms with Gasteiger partial charge in [0.25, 0.3) is 0 Å². The third-order valence-electron chi connectivity index (χ3n) is 5.84. The van der Waals surface area contributed by atoms with Gasteiger partial charge in [-0.1, -0.05) is 30.0 Å². The van der Waals surface area contributed by atoms with Crippen molar-refractivity contribution in [1.82, 2.24) is 14.5 Å². The molecule has 0 atom stereocenters. The molecule has 4 aromatic rings. The highest BCUT2D eigenvalue weighted by atomic mass is 35.5. The molecule has 2 aromatic heterocycles. The Bertz CT molecular complexity index is 1370. The van der Waals surface area contributed by atoms with Crippen molar-refractivity contribution in [3.05, 3.63) is 78.4 Å². The number of carbonyl (C=O) groups is 2. The van der Waals surface area contributed by atoms with E-state index in [9.17, 15) is 9.59 Å². The highest BCUT2D eigenvalue weighted by molar-refractivity contribution is 7.99. The van der Waals surface area contributed by atoms with Crippen LogP contribution < -0.4 is 10.2 Å². The number of para-hydroxylation sites is 1. The molecule has 1 aliphatic rings. The minimum Gasteiger partial charge on any atom is -0.378 e. The Balaban J connectivity index is 0.00000304. The molecular formula is C26H26ClN5O3S. The molecule has 2 aromatic carbocycles. The summed E-state index contributed by atoms with van der Waals surface area (Å²) in [6.07, 6.45) is 3.34. The van der Waals surface area contributed by atoms with Crippen LogP contribution in [0.15, 0.2) is 72.0 Å². The van der Waals surface area contributed by atoms with Crippen LogP contribution in [0.4, 0.5) is 11.4 Å². The summed E-state index contributed by atoms with van der Waals surface area (Å²) in [5, 5.41) is 4.30. The maximum absolute atomic E-state index is 13.2. The molecule has 1 fully saturated rings. The van der Waals surface area contributed by atoms with Gasteiger partial charge in [-0.15, -0.1) is 12.4 Å². The number of aryl methyl sites for hydroxylation is 1. The van der Waals surface area contributed by atoms with Crippen molar-refractivity contribution in [2.24, 2.45) is 7.05 Å². The van der Waals surface area contributed by atoms with Crippen molar-refractivity contribution >= 4 is 58.1 Å². The molecule has 36 heavy (non-hydrogen) atoms. The molecular weight excluding hydrogens is 498 g/mol. The van der Waals surface area contributed by atoms with Crippen LogP contribution in [0.2, 0.25) is 0 Å². The zero-order valence-corrected chi connectivity index (χ0v) is 21.3. The number of halogens is 1. The summed E-state index contributed by atoms with van der Waals surface area (Å²) < 4.78 is 7.10. The molecule has 8 nitrogen and oxygen atoms in total. The van der Waals surface area contributed by atoms with E-state index in [-0.39, 0.29) is 29.9 Å². The van der Waals surface area contributed by atoms with Crippen molar-refractivity contribution < 1.29 is 14.3 Å². The van der Waals surface area contributed by atoms with Crippen LogP contribution in [-0.4, -0.2) is 58.3 Å². The van der Waals surface area contributed by atoms with Gasteiger partial charge < -0.3 is 19.5 Å². The van der Waals surface area contributed by atoms with Crippen LogP contribution in [0.5, 0.6) is 0 Å². The third-order valence-corrected chi connectivity index (χ3v) is 6.75. The molecule has 1 saturated heterocycles. The van der Waals surface area contributed by atoms with Gasteiger partial charge in [0, 0.05) is 54.9 Å². The Kier molecular flexibility index (Phi) is 8.25. The Labute approximate surface area is 219 Å². The molecule has 0 aliphatic carbocycles. The second-order valence-electron chi connectivity index (χ2n) is 8.20. The number of nitrogens with one attached hydrogen (secondary N) is 1. The average molecular weight is 524 g/mol. The summed E-state index contributed by atoms with van der Waals surface area (Å²) in [6, 6.07) is 17.1. The van der Waals surface area contributed by atoms with Gasteiger partial charge in [0.05, 0.1) is 29.5 Å². The number of ketones is 1. The third kappa shape index (κ3) is 5.70. The fraction of sp³-hybridized carbons (Fsp3) is 0.231. The number of benzene rings is 2. The fourth-order valence-corrected chi connectivity index (χ4v) is 4.75. The van der Waals surface area contributed by atoms with Crippen molar-refractivity contribution in [1.29, 1.82) is 0 Å². The highest BCUT2D eigenvalue weighted by Crippen LogP contribution is 2.26. The first-order chi connectivity index (χ1) is 17.1. The predicted molar refractivity (Wildman–Crippen MR) is 144 cm³/mol. The van der Waals surface area contributed by atoms with Gasteiger partial charge in [0.2, 0.25) is 11.7 Å². The summed E-state index contributed by atoms with van der Waals surface area (Å²) in [5.41, 5.74) is 3.08. The van der Waals surface area contributed by atoms with Gasteiger partial charge in [0.1, 0.15) is 0 Å². The van der Waals surface area contributed by atoms with Gasteiger partial charge in [-0.25, -0.2) is 9.97 Å². The quantitative estimate of drug-likeness (QED) is 0.287. The van der Waals surface area contributed by atoms with E-state index in [2.05, 4.69) is 20.2 Å². The highest BCUT2D eigenvalue weighted by Gasteiger charge is 2.19. The number of hydrogen-bond donors (Lipinski definition) is 1. The van der Waals surface area contributed by atoms with Gasteiger partial charge in [-0.2, -0.15) is 0 Å². The van der Waals surface area contributed by atoms with Crippen LogP contribution in [-0.2, 0) is 16.6 Å². The molecule has 0 saturated carbocycles. The van der Waals surface area contributed by atoms with E-state index in [4.69, 9.17) is 4.74 Å². The van der Waals surface area contributed by atoms with E-state index >= 15 is 0 Å². The molecule has 0 radical (unpaired) electrons. The summed E-state index contributed by atoms with van der Waals surface area (Å²) in [4.78, 5) is 36.9. The van der Waals surface area contributed by atoms with Gasteiger partial charge in [0.15, 0.2) is 5.82 Å². The number of anilines is 2. The lowest BCUT2D eigenvalue weighted by molar-refractivity contribution is -0.113. The monoisotopic (exact) mass is 523 g/mol. The number of amides is 1. The summed E-state index contributed by atoms with van der Waals surface area (Å²) in [6.45, 7) is 3.19. The Morgan fingerprint density at radius 2 is 1.83 bits per heavy atom. The van der Waals surface area contributed by atoms with Gasteiger partial charge in [-0.3, -0.25) is 9.59 Å². The second-order valence-corrected chi connectivity index (χ2v) is 9.19. The van der Waals surface area contributed by atoms with Crippen molar-refractivity contribution in [2.45, 2.75) is 5.03 Å². The zero-order chi connectivity index (χ0) is 24.2. The smallest absolute Gasteiger partial charge is 0.234 e. The Hall–Kier alpha value is -3.40.